The standard InChI is InChI=1S/C18H33N3O2/c22-18(19-17-4-2-1-3-5-17)15-20-8-6-16(7-9-20)14-21-10-12-23-13-11-21/h16-17H,1-15H2,(H,19,22). The average Bonchev–Trinajstić information content (AvgIpc) is 2.58. The van der Waals surface area contributed by atoms with E-state index in [1.54, 1.807) is 0 Å². The van der Waals surface area contributed by atoms with Crippen LogP contribution in [0.25, 0.3) is 0 Å². The normalized spacial score (nSPS) is 26.3. The molecular formula is C18H33N3O2. The number of ether oxygens (including phenoxy) is 1. The number of carbonyl (C=O) groups excluding carboxylic acids is 1. The lowest BCUT2D eigenvalue weighted by atomic mass is 9.95. The van der Waals surface area contributed by atoms with Crippen molar-refractivity contribution in [3.05, 3.63) is 0 Å². The molecule has 1 aliphatic carbocycles. The van der Waals surface area contributed by atoms with Crippen LogP contribution < -0.4 is 5.32 Å². The van der Waals surface area contributed by atoms with E-state index in [0.717, 1.165) is 45.3 Å². The summed E-state index contributed by atoms with van der Waals surface area (Å²) in [6.07, 6.45) is 8.70. The van der Waals surface area contributed by atoms with Crippen LogP contribution in [0.15, 0.2) is 0 Å². The van der Waals surface area contributed by atoms with Crippen molar-refractivity contribution < 1.29 is 9.53 Å². The monoisotopic (exact) mass is 323 g/mol. The first-order valence-corrected chi connectivity index (χ1v) is 9.61. The van der Waals surface area contributed by atoms with Crippen molar-refractivity contribution in [2.24, 2.45) is 5.92 Å². The Morgan fingerprint density at radius 1 is 0.913 bits per heavy atom. The summed E-state index contributed by atoms with van der Waals surface area (Å²) in [6, 6.07) is 0.440. The maximum absolute atomic E-state index is 12.2. The topological polar surface area (TPSA) is 44.8 Å². The molecule has 0 aromatic rings. The van der Waals surface area contributed by atoms with Gasteiger partial charge in [0.05, 0.1) is 19.8 Å². The van der Waals surface area contributed by atoms with Gasteiger partial charge in [-0.1, -0.05) is 19.3 Å². The van der Waals surface area contributed by atoms with Gasteiger partial charge in [-0.2, -0.15) is 0 Å². The summed E-state index contributed by atoms with van der Waals surface area (Å²) in [7, 11) is 0. The van der Waals surface area contributed by atoms with Gasteiger partial charge in [-0.3, -0.25) is 14.6 Å². The van der Waals surface area contributed by atoms with Gasteiger partial charge < -0.3 is 10.1 Å². The Morgan fingerprint density at radius 3 is 2.30 bits per heavy atom. The Morgan fingerprint density at radius 2 is 1.61 bits per heavy atom. The van der Waals surface area contributed by atoms with E-state index < -0.39 is 0 Å². The van der Waals surface area contributed by atoms with Crippen LogP contribution in [0, 0.1) is 5.92 Å². The Kier molecular flexibility index (Phi) is 6.72. The highest BCUT2D eigenvalue weighted by Crippen LogP contribution is 2.20. The number of carbonyl (C=O) groups is 1. The molecule has 1 N–H and O–H groups in total. The number of likely N-dealkylation sites (tertiary alicyclic amines) is 1. The zero-order valence-electron chi connectivity index (χ0n) is 14.5. The highest BCUT2D eigenvalue weighted by Gasteiger charge is 2.24. The molecule has 2 saturated heterocycles. The van der Waals surface area contributed by atoms with Crippen molar-refractivity contribution in [2.75, 3.05) is 52.5 Å². The molecule has 0 radical (unpaired) electrons. The quantitative estimate of drug-likeness (QED) is 0.832. The van der Waals surface area contributed by atoms with Crippen LogP contribution in [0.4, 0.5) is 0 Å². The number of nitrogens with one attached hydrogen (secondary N) is 1. The van der Waals surface area contributed by atoms with E-state index in [4.69, 9.17) is 4.74 Å². The molecule has 2 heterocycles. The first kappa shape index (κ1) is 17.2. The fraction of sp³-hybridized carbons (Fsp3) is 0.944. The molecule has 0 aromatic carbocycles. The third kappa shape index (κ3) is 5.73. The summed E-state index contributed by atoms with van der Waals surface area (Å²) in [5.74, 6) is 1.04. The van der Waals surface area contributed by atoms with Gasteiger partial charge in [0.2, 0.25) is 5.91 Å². The predicted octanol–water partition coefficient (Wildman–Crippen LogP) is 1.48. The number of morpholine rings is 1. The molecule has 2 aliphatic heterocycles. The second-order valence-corrected chi connectivity index (χ2v) is 7.53. The maximum Gasteiger partial charge on any atom is 0.234 e. The third-order valence-corrected chi connectivity index (χ3v) is 5.66. The summed E-state index contributed by atoms with van der Waals surface area (Å²) in [5.41, 5.74) is 0. The van der Waals surface area contributed by atoms with E-state index in [-0.39, 0.29) is 5.91 Å². The molecule has 3 rings (SSSR count). The molecule has 0 atom stereocenters. The summed E-state index contributed by atoms with van der Waals surface area (Å²) in [4.78, 5) is 17.1. The molecule has 0 spiro atoms. The predicted molar refractivity (Wildman–Crippen MR) is 91.4 cm³/mol. The van der Waals surface area contributed by atoms with Gasteiger partial charge in [-0.05, 0) is 44.7 Å². The molecule has 0 bridgehead atoms. The van der Waals surface area contributed by atoms with E-state index in [2.05, 4.69) is 15.1 Å². The summed E-state index contributed by atoms with van der Waals surface area (Å²) < 4.78 is 5.42. The minimum absolute atomic E-state index is 0.239. The minimum atomic E-state index is 0.239. The van der Waals surface area contributed by atoms with Gasteiger partial charge in [0.15, 0.2) is 0 Å². The summed E-state index contributed by atoms with van der Waals surface area (Å²) >= 11 is 0. The lowest BCUT2D eigenvalue weighted by Gasteiger charge is -2.36. The first-order chi connectivity index (χ1) is 11.3. The molecule has 1 amide bonds. The van der Waals surface area contributed by atoms with Gasteiger partial charge in [0, 0.05) is 25.7 Å². The fourth-order valence-corrected chi connectivity index (χ4v) is 4.20. The first-order valence-electron chi connectivity index (χ1n) is 9.61. The van der Waals surface area contributed by atoms with Crippen molar-refractivity contribution in [3.8, 4) is 0 Å². The molecule has 23 heavy (non-hydrogen) atoms. The Balaban J connectivity index is 1.31. The third-order valence-electron chi connectivity index (χ3n) is 5.66. The zero-order valence-corrected chi connectivity index (χ0v) is 14.5. The largest absolute Gasteiger partial charge is 0.379 e. The molecule has 132 valence electrons. The summed E-state index contributed by atoms with van der Waals surface area (Å²) in [6.45, 7) is 7.92. The van der Waals surface area contributed by atoms with Crippen LogP contribution in [0.3, 0.4) is 0 Å². The number of piperidine rings is 1. The molecule has 1 saturated carbocycles. The van der Waals surface area contributed by atoms with E-state index in [9.17, 15) is 4.79 Å². The minimum Gasteiger partial charge on any atom is -0.379 e. The van der Waals surface area contributed by atoms with E-state index >= 15 is 0 Å². The molecule has 0 aromatic heterocycles. The summed E-state index contributed by atoms with van der Waals surface area (Å²) in [5, 5.41) is 3.24. The molecule has 3 fully saturated rings. The lowest BCUT2D eigenvalue weighted by molar-refractivity contribution is -0.123. The highest BCUT2D eigenvalue weighted by atomic mass is 16.5. The van der Waals surface area contributed by atoms with E-state index in [1.165, 1.54) is 51.5 Å². The number of rotatable bonds is 5. The zero-order chi connectivity index (χ0) is 15.9. The van der Waals surface area contributed by atoms with Crippen LogP contribution in [0.5, 0.6) is 0 Å². The fourth-order valence-electron chi connectivity index (χ4n) is 4.20. The van der Waals surface area contributed by atoms with E-state index in [0.29, 0.717) is 12.6 Å². The van der Waals surface area contributed by atoms with Crippen LogP contribution in [-0.2, 0) is 9.53 Å². The second-order valence-electron chi connectivity index (χ2n) is 7.53. The van der Waals surface area contributed by atoms with Gasteiger partial charge in [0.1, 0.15) is 0 Å². The van der Waals surface area contributed by atoms with Crippen molar-refractivity contribution >= 4 is 5.91 Å². The molecular weight excluding hydrogens is 290 g/mol. The van der Waals surface area contributed by atoms with Gasteiger partial charge >= 0.3 is 0 Å². The molecule has 0 unspecified atom stereocenters. The van der Waals surface area contributed by atoms with Crippen molar-refractivity contribution in [3.63, 3.8) is 0 Å². The lowest BCUT2D eigenvalue weighted by Crippen LogP contribution is -2.46. The molecule has 5 nitrogen and oxygen atoms in total. The van der Waals surface area contributed by atoms with Crippen molar-refractivity contribution in [1.29, 1.82) is 0 Å². The Bertz CT molecular complexity index is 357. The molecule has 3 aliphatic rings. The Labute approximate surface area is 140 Å². The number of hydrogen-bond acceptors (Lipinski definition) is 4. The van der Waals surface area contributed by atoms with Crippen molar-refractivity contribution in [1.82, 2.24) is 15.1 Å². The molecule has 5 heteroatoms. The smallest absolute Gasteiger partial charge is 0.234 e. The van der Waals surface area contributed by atoms with Crippen LogP contribution in [0.2, 0.25) is 0 Å². The number of hydrogen-bond donors (Lipinski definition) is 1. The van der Waals surface area contributed by atoms with Gasteiger partial charge in [-0.25, -0.2) is 0 Å². The Hall–Kier alpha value is -0.650. The second kappa shape index (κ2) is 9.00. The van der Waals surface area contributed by atoms with Crippen LogP contribution in [-0.4, -0.2) is 74.2 Å². The average molecular weight is 323 g/mol. The SMILES string of the molecule is O=C(CN1CCC(CN2CCOCC2)CC1)NC1CCCCC1. The number of amides is 1. The number of nitrogens with zero attached hydrogens (tertiary/aromatic N) is 2. The van der Waals surface area contributed by atoms with Gasteiger partial charge in [0.25, 0.3) is 0 Å². The van der Waals surface area contributed by atoms with Gasteiger partial charge in [-0.15, -0.1) is 0 Å². The van der Waals surface area contributed by atoms with Crippen LogP contribution >= 0.6 is 0 Å². The van der Waals surface area contributed by atoms with Crippen LogP contribution in [0.1, 0.15) is 44.9 Å². The van der Waals surface area contributed by atoms with E-state index in [1.807, 2.05) is 0 Å². The van der Waals surface area contributed by atoms with Crippen molar-refractivity contribution in [2.45, 2.75) is 51.0 Å². The maximum atomic E-state index is 12.2. The highest BCUT2D eigenvalue weighted by molar-refractivity contribution is 5.78.